The average Bonchev–Trinajstić information content (AvgIpc) is 2.80. The molecule has 0 aromatic heterocycles. The summed E-state index contributed by atoms with van der Waals surface area (Å²) in [4.78, 5) is 23.0. The predicted octanol–water partition coefficient (Wildman–Crippen LogP) is 3.87. The fourth-order valence-electron chi connectivity index (χ4n) is 4.20. The van der Waals surface area contributed by atoms with Gasteiger partial charge in [0.15, 0.2) is 0 Å². The van der Waals surface area contributed by atoms with Crippen molar-refractivity contribution in [1.82, 2.24) is 0 Å². The first kappa shape index (κ1) is 14.3. The van der Waals surface area contributed by atoms with Crippen LogP contribution in [0.3, 0.4) is 0 Å². The second kappa shape index (κ2) is 4.69. The molecule has 2 aliphatic carbocycles. The SMILES string of the molecule is CC1(C)C2CCC1(C)C(OC(=O)c1ccc(C=O)cc1)C2. The number of rotatable bonds is 3. The van der Waals surface area contributed by atoms with Crippen molar-refractivity contribution in [2.75, 3.05) is 0 Å². The summed E-state index contributed by atoms with van der Waals surface area (Å²) in [5.41, 5.74) is 1.40. The van der Waals surface area contributed by atoms with Gasteiger partial charge >= 0.3 is 5.97 Å². The van der Waals surface area contributed by atoms with Crippen molar-refractivity contribution in [3.8, 4) is 0 Å². The van der Waals surface area contributed by atoms with E-state index in [2.05, 4.69) is 20.8 Å². The van der Waals surface area contributed by atoms with Crippen LogP contribution in [0.2, 0.25) is 0 Å². The predicted molar refractivity (Wildman–Crippen MR) is 80.3 cm³/mol. The third kappa shape index (κ3) is 2.02. The van der Waals surface area contributed by atoms with Gasteiger partial charge in [-0.15, -0.1) is 0 Å². The Bertz CT molecular complexity index is 573. The lowest BCUT2D eigenvalue weighted by Crippen LogP contribution is -2.38. The molecule has 2 fully saturated rings. The second-order valence-electron chi connectivity index (χ2n) is 7.24. The highest BCUT2D eigenvalue weighted by molar-refractivity contribution is 5.90. The van der Waals surface area contributed by atoms with E-state index < -0.39 is 0 Å². The Morgan fingerprint density at radius 2 is 1.90 bits per heavy atom. The maximum absolute atomic E-state index is 12.3. The molecule has 0 amide bonds. The lowest BCUT2D eigenvalue weighted by atomic mass is 9.70. The summed E-state index contributed by atoms with van der Waals surface area (Å²) in [6.45, 7) is 6.86. The highest BCUT2D eigenvalue weighted by Gasteiger charge is 2.62. The van der Waals surface area contributed by atoms with Crippen LogP contribution >= 0.6 is 0 Å². The minimum atomic E-state index is -0.276. The molecule has 0 spiro atoms. The Morgan fingerprint density at radius 1 is 1.24 bits per heavy atom. The van der Waals surface area contributed by atoms with E-state index in [0.29, 0.717) is 17.0 Å². The molecule has 0 radical (unpaired) electrons. The summed E-state index contributed by atoms with van der Waals surface area (Å²) >= 11 is 0. The molecule has 3 unspecified atom stereocenters. The molecule has 21 heavy (non-hydrogen) atoms. The van der Waals surface area contributed by atoms with Gasteiger partial charge in [0.05, 0.1) is 5.56 Å². The van der Waals surface area contributed by atoms with E-state index >= 15 is 0 Å². The van der Waals surface area contributed by atoms with E-state index in [1.165, 1.54) is 6.42 Å². The summed E-state index contributed by atoms with van der Waals surface area (Å²) in [5.74, 6) is 0.375. The van der Waals surface area contributed by atoms with Crippen LogP contribution in [-0.4, -0.2) is 18.4 Å². The minimum Gasteiger partial charge on any atom is -0.458 e. The van der Waals surface area contributed by atoms with Crippen LogP contribution in [0, 0.1) is 16.7 Å². The summed E-state index contributed by atoms with van der Waals surface area (Å²) in [6, 6.07) is 6.62. The Balaban J connectivity index is 1.75. The molecule has 2 aliphatic rings. The van der Waals surface area contributed by atoms with Crippen LogP contribution in [-0.2, 0) is 4.74 Å². The number of ether oxygens (including phenoxy) is 1. The number of aldehydes is 1. The van der Waals surface area contributed by atoms with Crippen LogP contribution in [0.25, 0.3) is 0 Å². The largest absolute Gasteiger partial charge is 0.458 e. The summed E-state index contributed by atoms with van der Waals surface area (Å²) in [5, 5.41) is 0. The van der Waals surface area contributed by atoms with Crippen LogP contribution in [0.15, 0.2) is 24.3 Å². The van der Waals surface area contributed by atoms with Gasteiger partial charge in [-0.25, -0.2) is 4.79 Å². The van der Waals surface area contributed by atoms with Gasteiger partial charge in [0.1, 0.15) is 12.4 Å². The number of esters is 1. The van der Waals surface area contributed by atoms with Gasteiger partial charge in [-0.2, -0.15) is 0 Å². The van der Waals surface area contributed by atoms with Crippen molar-refractivity contribution in [3.63, 3.8) is 0 Å². The number of fused-ring (bicyclic) bond motifs is 2. The first-order valence-corrected chi connectivity index (χ1v) is 7.65. The zero-order valence-electron chi connectivity index (χ0n) is 12.9. The van der Waals surface area contributed by atoms with E-state index in [1.54, 1.807) is 24.3 Å². The molecule has 3 atom stereocenters. The Kier molecular flexibility index (Phi) is 3.19. The summed E-state index contributed by atoms with van der Waals surface area (Å²) in [7, 11) is 0. The van der Waals surface area contributed by atoms with E-state index in [1.807, 2.05) is 0 Å². The zero-order chi connectivity index (χ0) is 15.3. The monoisotopic (exact) mass is 286 g/mol. The Labute approximate surface area is 125 Å². The van der Waals surface area contributed by atoms with E-state index in [9.17, 15) is 9.59 Å². The van der Waals surface area contributed by atoms with Gasteiger partial charge < -0.3 is 4.74 Å². The lowest BCUT2D eigenvalue weighted by molar-refractivity contribution is -0.0242. The summed E-state index contributed by atoms with van der Waals surface area (Å²) in [6.07, 6.45) is 4.12. The van der Waals surface area contributed by atoms with Gasteiger partial charge in [-0.1, -0.05) is 32.9 Å². The molecule has 0 N–H and O–H groups in total. The van der Waals surface area contributed by atoms with Gasteiger partial charge in [0, 0.05) is 11.0 Å². The topological polar surface area (TPSA) is 43.4 Å². The highest BCUT2D eigenvalue weighted by atomic mass is 16.5. The van der Waals surface area contributed by atoms with Crippen LogP contribution in [0.1, 0.15) is 60.7 Å². The zero-order valence-corrected chi connectivity index (χ0v) is 12.9. The Morgan fingerprint density at radius 3 is 2.38 bits per heavy atom. The van der Waals surface area contributed by atoms with E-state index in [-0.39, 0.29) is 22.9 Å². The number of carbonyl (C=O) groups excluding carboxylic acids is 2. The maximum atomic E-state index is 12.3. The van der Waals surface area contributed by atoms with Crippen molar-refractivity contribution in [2.45, 2.75) is 46.1 Å². The van der Waals surface area contributed by atoms with E-state index in [4.69, 9.17) is 4.74 Å². The molecular formula is C18H22O3. The molecular weight excluding hydrogens is 264 g/mol. The van der Waals surface area contributed by atoms with Crippen molar-refractivity contribution in [1.29, 1.82) is 0 Å². The van der Waals surface area contributed by atoms with Crippen LogP contribution < -0.4 is 0 Å². The average molecular weight is 286 g/mol. The van der Waals surface area contributed by atoms with Crippen molar-refractivity contribution in [3.05, 3.63) is 35.4 Å². The molecule has 2 saturated carbocycles. The molecule has 1 aromatic carbocycles. The van der Waals surface area contributed by atoms with Gasteiger partial charge in [-0.3, -0.25) is 4.79 Å². The first-order valence-electron chi connectivity index (χ1n) is 7.65. The van der Waals surface area contributed by atoms with Crippen molar-refractivity contribution >= 4 is 12.3 Å². The highest BCUT2D eigenvalue weighted by Crippen LogP contribution is 2.66. The fraction of sp³-hybridized carbons (Fsp3) is 0.556. The molecule has 3 rings (SSSR count). The molecule has 1 aromatic rings. The van der Waals surface area contributed by atoms with Gasteiger partial charge in [0.2, 0.25) is 0 Å². The third-order valence-corrected chi connectivity index (χ3v) is 6.25. The maximum Gasteiger partial charge on any atom is 0.338 e. The van der Waals surface area contributed by atoms with Crippen LogP contribution in [0.4, 0.5) is 0 Å². The lowest BCUT2D eigenvalue weighted by Gasteiger charge is -2.38. The standard InChI is InChI=1S/C18H22O3/c1-17(2)14-8-9-18(17,3)15(10-14)21-16(20)13-6-4-12(11-19)5-7-13/h4-7,11,14-15H,8-10H2,1-3H3. The van der Waals surface area contributed by atoms with Gasteiger partial charge in [0.25, 0.3) is 0 Å². The number of hydrogen-bond donors (Lipinski definition) is 0. The quantitative estimate of drug-likeness (QED) is 0.626. The minimum absolute atomic E-state index is 0.00416. The molecule has 3 nitrogen and oxygen atoms in total. The normalized spacial score (nSPS) is 32.9. The molecule has 2 bridgehead atoms. The second-order valence-corrected chi connectivity index (χ2v) is 7.24. The summed E-state index contributed by atoms with van der Waals surface area (Å²) < 4.78 is 5.82. The molecule has 112 valence electrons. The smallest absolute Gasteiger partial charge is 0.338 e. The van der Waals surface area contributed by atoms with Crippen molar-refractivity contribution < 1.29 is 14.3 Å². The van der Waals surface area contributed by atoms with E-state index in [0.717, 1.165) is 19.1 Å². The molecule has 0 aliphatic heterocycles. The molecule has 0 saturated heterocycles. The fourth-order valence-corrected chi connectivity index (χ4v) is 4.20. The van der Waals surface area contributed by atoms with Crippen LogP contribution in [0.5, 0.6) is 0 Å². The number of benzene rings is 1. The molecule has 0 heterocycles. The third-order valence-electron chi connectivity index (χ3n) is 6.25. The number of carbonyl (C=O) groups is 2. The Hall–Kier alpha value is -1.64. The molecule has 3 heteroatoms. The number of hydrogen-bond acceptors (Lipinski definition) is 3. The van der Waals surface area contributed by atoms with Gasteiger partial charge in [-0.05, 0) is 42.7 Å². The first-order chi connectivity index (χ1) is 9.88. The van der Waals surface area contributed by atoms with Crippen molar-refractivity contribution in [2.24, 2.45) is 16.7 Å².